The van der Waals surface area contributed by atoms with Gasteiger partial charge in [-0.25, -0.2) is 9.78 Å². The number of benzene rings is 1. The Morgan fingerprint density at radius 3 is 2.77 bits per heavy atom. The second-order valence-electron chi connectivity index (χ2n) is 6.97. The summed E-state index contributed by atoms with van der Waals surface area (Å²) in [7, 11) is 3.08. The molecule has 1 aromatic heterocycles. The Morgan fingerprint density at radius 1 is 1.30 bits per heavy atom. The number of aromatic nitrogens is 1. The molecule has 0 radical (unpaired) electrons. The van der Waals surface area contributed by atoms with Gasteiger partial charge in [-0.3, -0.25) is 4.79 Å². The maximum atomic E-state index is 12.7. The first-order chi connectivity index (χ1) is 14.3. The Kier molecular flexibility index (Phi) is 5.65. The van der Waals surface area contributed by atoms with Crippen LogP contribution in [0.5, 0.6) is 0 Å². The molecule has 4 rings (SSSR count). The quantitative estimate of drug-likeness (QED) is 0.482. The van der Waals surface area contributed by atoms with Gasteiger partial charge in [0.1, 0.15) is 11.6 Å². The summed E-state index contributed by atoms with van der Waals surface area (Å²) in [5.74, 6) is -1.21. The Morgan fingerprint density at radius 2 is 2.03 bits per heavy atom. The van der Waals surface area contributed by atoms with E-state index < -0.39 is 5.92 Å². The van der Waals surface area contributed by atoms with Crippen molar-refractivity contribution in [3.8, 4) is 11.3 Å². The molecule has 0 saturated heterocycles. The van der Waals surface area contributed by atoms with Gasteiger partial charge < -0.3 is 5.32 Å². The SMILES string of the molecule is CN1C(=O)C2C(CC(=O)Nc3nc(-c4ccc(I)cc4)cs3)=CC=CC2=[N+](C)C1=O. The van der Waals surface area contributed by atoms with Gasteiger partial charge in [0, 0.05) is 20.9 Å². The van der Waals surface area contributed by atoms with Crippen LogP contribution >= 0.6 is 33.9 Å². The Bertz CT molecular complexity index is 1150. The lowest BCUT2D eigenvalue weighted by atomic mass is 9.85. The summed E-state index contributed by atoms with van der Waals surface area (Å²) in [6.45, 7) is 0. The number of hydrogen-bond donors (Lipinski definition) is 1. The summed E-state index contributed by atoms with van der Waals surface area (Å²) >= 11 is 3.60. The summed E-state index contributed by atoms with van der Waals surface area (Å²) < 4.78 is 2.59. The van der Waals surface area contributed by atoms with Crippen molar-refractivity contribution in [3.05, 3.63) is 57.0 Å². The highest BCUT2D eigenvalue weighted by molar-refractivity contribution is 14.1. The highest BCUT2D eigenvalue weighted by Gasteiger charge is 2.46. The molecule has 2 aromatic rings. The van der Waals surface area contributed by atoms with Crippen molar-refractivity contribution in [2.75, 3.05) is 19.4 Å². The number of thiazole rings is 1. The van der Waals surface area contributed by atoms with Crippen molar-refractivity contribution in [2.45, 2.75) is 6.42 Å². The summed E-state index contributed by atoms with van der Waals surface area (Å²) in [5.41, 5.74) is 3.01. The molecule has 1 unspecified atom stereocenters. The van der Waals surface area contributed by atoms with Gasteiger partial charge in [0.2, 0.25) is 5.91 Å². The van der Waals surface area contributed by atoms with E-state index in [2.05, 4.69) is 32.9 Å². The van der Waals surface area contributed by atoms with Crippen molar-refractivity contribution in [2.24, 2.45) is 5.92 Å². The van der Waals surface area contributed by atoms with Crippen molar-refractivity contribution in [1.29, 1.82) is 0 Å². The minimum Gasteiger partial charge on any atom is -0.302 e. The third-order valence-corrected chi connectivity index (χ3v) is 6.51. The number of fused-ring (bicyclic) bond motifs is 1. The normalized spacial score (nSPS) is 18.4. The number of allylic oxidation sites excluding steroid dienone is 3. The minimum atomic E-state index is -0.632. The lowest BCUT2D eigenvalue weighted by molar-refractivity contribution is -0.405. The van der Waals surface area contributed by atoms with Gasteiger partial charge in [0.15, 0.2) is 5.13 Å². The molecule has 30 heavy (non-hydrogen) atoms. The summed E-state index contributed by atoms with van der Waals surface area (Å²) in [5, 5.41) is 5.22. The maximum absolute atomic E-state index is 12.7. The van der Waals surface area contributed by atoms with Crippen LogP contribution in [0.1, 0.15) is 6.42 Å². The van der Waals surface area contributed by atoms with Crippen molar-refractivity contribution >= 4 is 62.6 Å². The van der Waals surface area contributed by atoms with Crippen molar-refractivity contribution in [1.82, 2.24) is 9.88 Å². The molecule has 1 aliphatic heterocycles. The van der Waals surface area contributed by atoms with E-state index in [-0.39, 0.29) is 24.3 Å². The van der Waals surface area contributed by atoms with Gasteiger partial charge >= 0.3 is 11.9 Å². The summed E-state index contributed by atoms with van der Waals surface area (Å²) in [6, 6.07) is 7.60. The Hall–Kier alpha value is -2.66. The molecule has 4 amide bonds. The number of anilines is 1. The minimum absolute atomic E-state index is 0.0402. The molecule has 2 heterocycles. The number of imide groups is 1. The lowest BCUT2D eigenvalue weighted by Gasteiger charge is -2.27. The first-order valence-corrected chi connectivity index (χ1v) is 11.1. The molecule has 0 saturated carbocycles. The average Bonchev–Trinajstić information content (AvgIpc) is 3.19. The fourth-order valence-corrected chi connectivity index (χ4v) is 4.56. The van der Waals surface area contributed by atoms with Gasteiger partial charge in [-0.15, -0.1) is 11.3 Å². The smallest absolute Gasteiger partial charge is 0.302 e. The molecule has 1 atom stereocenters. The fourth-order valence-electron chi connectivity index (χ4n) is 3.46. The lowest BCUT2D eigenvalue weighted by Crippen LogP contribution is -2.52. The van der Waals surface area contributed by atoms with Crippen LogP contribution in [0.15, 0.2) is 53.4 Å². The zero-order valence-corrected chi connectivity index (χ0v) is 19.2. The predicted molar refractivity (Wildman–Crippen MR) is 124 cm³/mol. The topological polar surface area (TPSA) is 82.4 Å². The van der Waals surface area contributed by atoms with Crippen LogP contribution in [0.25, 0.3) is 11.3 Å². The van der Waals surface area contributed by atoms with E-state index in [1.807, 2.05) is 29.6 Å². The summed E-state index contributed by atoms with van der Waals surface area (Å²) in [6.07, 6.45) is 5.30. The van der Waals surface area contributed by atoms with Gasteiger partial charge in [0.25, 0.3) is 0 Å². The number of hydrogen-bond acceptors (Lipinski definition) is 5. The number of urea groups is 1. The van der Waals surface area contributed by atoms with E-state index in [0.29, 0.717) is 16.4 Å². The molecule has 9 heteroatoms. The highest BCUT2D eigenvalue weighted by atomic mass is 127. The van der Waals surface area contributed by atoms with Crippen LogP contribution in [0.2, 0.25) is 0 Å². The van der Waals surface area contributed by atoms with Gasteiger partial charge in [-0.1, -0.05) is 24.3 Å². The Balaban J connectivity index is 1.49. The van der Waals surface area contributed by atoms with Crippen LogP contribution in [0, 0.1) is 9.49 Å². The number of nitrogens with one attached hydrogen (secondary N) is 1. The molecule has 0 fully saturated rings. The molecule has 1 aliphatic carbocycles. The van der Waals surface area contributed by atoms with Crippen LogP contribution in [-0.4, -0.2) is 52.1 Å². The van der Waals surface area contributed by atoms with Crippen LogP contribution in [0.4, 0.5) is 9.93 Å². The third kappa shape index (κ3) is 3.86. The fraction of sp³-hybridized carbons (Fsp3) is 0.190. The predicted octanol–water partition coefficient (Wildman–Crippen LogP) is 3.53. The number of amides is 4. The second kappa shape index (κ2) is 8.23. The van der Waals surface area contributed by atoms with Gasteiger partial charge in [-0.2, -0.15) is 14.3 Å². The zero-order chi connectivity index (χ0) is 21.4. The maximum Gasteiger partial charge on any atom is 0.500 e. The monoisotopic (exact) mass is 533 g/mol. The highest BCUT2D eigenvalue weighted by Crippen LogP contribution is 2.29. The van der Waals surface area contributed by atoms with Crippen molar-refractivity contribution < 1.29 is 19.0 Å². The van der Waals surface area contributed by atoms with Crippen molar-refractivity contribution in [3.63, 3.8) is 0 Å². The molecule has 152 valence electrons. The molecule has 0 spiro atoms. The van der Waals surface area contributed by atoms with E-state index in [0.717, 1.165) is 19.7 Å². The van der Waals surface area contributed by atoms with Gasteiger partial charge in [-0.05, 0) is 46.4 Å². The number of halogens is 1. The Labute approximate surface area is 190 Å². The molecular formula is C21H18IN4O3S+. The van der Waals surface area contributed by atoms with E-state index in [4.69, 9.17) is 0 Å². The number of carbonyl (C=O) groups excluding carboxylic acids is 3. The molecule has 0 bridgehead atoms. The number of nitrogens with zero attached hydrogens (tertiary/aromatic N) is 3. The van der Waals surface area contributed by atoms with Crippen LogP contribution in [-0.2, 0) is 9.59 Å². The second-order valence-corrected chi connectivity index (χ2v) is 9.07. The number of carbonyl (C=O) groups is 3. The molecule has 1 aromatic carbocycles. The first kappa shape index (κ1) is 20.6. The molecular weight excluding hydrogens is 515 g/mol. The first-order valence-electron chi connectivity index (χ1n) is 9.15. The van der Waals surface area contributed by atoms with Crippen LogP contribution < -0.4 is 5.32 Å². The van der Waals surface area contributed by atoms with Crippen LogP contribution in [0.3, 0.4) is 0 Å². The molecule has 1 N–H and O–H groups in total. The average molecular weight is 533 g/mol. The largest absolute Gasteiger partial charge is 0.500 e. The van der Waals surface area contributed by atoms with E-state index in [1.54, 1.807) is 25.3 Å². The zero-order valence-electron chi connectivity index (χ0n) is 16.3. The van der Waals surface area contributed by atoms with E-state index in [9.17, 15) is 14.4 Å². The standard InChI is InChI=1S/C21H17IN4O3S/c1-25-16-5-3-4-13(18(16)19(28)26(2)21(25)29)10-17(27)24-20-23-15(11-30-20)12-6-8-14(22)9-7-12/h3-9,11,18H,10H2,1-2H3/p+1. The van der Waals surface area contributed by atoms with E-state index >= 15 is 0 Å². The van der Waals surface area contributed by atoms with E-state index in [1.165, 1.54) is 23.0 Å². The number of rotatable bonds is 4. The van der Waals surface area contributed by atoms with Gasteiger partial charge in [0.05, 0.1) is 19.8 Å². The molecule has 2 aliphatic rings. The molecule has 7 nitrogen and oxygen atoms in total. The summed E-state index contributed by atoms with van der Waals surface area (Å²) in [4.78, 5) is 43.1. The third-order valence-electron chi connectivity index (χ3n) is 5.04.